The zero-order valence-electron chi connectivity index (χ0n) is 14.3. The molecule has 1 unspecified atom stereocenters. The van der Waals surface area contributed by atoms with Crippen molar-refractivity contribution in [1.82, 2.24) is 0 Å². The number of rotatable bonds is 7. The van der Waals surface area contributed by atoms with Crippen LogP contribution in [0.25, 0.3) is 0 Å². The second kappa shape index (κ2) is 8.76. The number of benzene rings is 3. The minimum atomic E-state index is -0.767. The van der Waals surface area contributed by atoms with Crippen molar-refractivity contribution in [3.8, 4) is 0 Å². The Bertz CT molecular complexity index is 756. The van der Waals surface area contributed by atoms with E-state index < -0.39 is 7.92 Å². The average molecular weight is 345 g/mol. The Kier molecular flexibility index (Phi) is 6.17. The molecule has 0 spiro atoms. The first-order chi connectivity index (χ1) is 12.3. The van der Waals surface area contributed by atoms with Crippen molar-refractivity contribution >= 4 is 36.5 Å². The summed E-state index contributed by atoms with van der Waals surface area (Å²) in [6, 6.07) is 30.8. The molecule has 1 atom stereocenters. The quantitative estimate of drug-likeness (QED) is 0.396. The molecule has 25 heavy (non-hydrogen) atoms. The van der Waals surface area contributed by atoms with Gasteiger partial charge >= 0.3 is 6.92 Å². The van der Waals surface area contributed by atoms with E-state index in [4.69, 9.17) is 10.1 Å². The topological polar surface area (TPSA) is 33.1 Å². The van der Waals surface area contributed by atoms with Crippen LogP contribution in [-0.2, 0) is 4.65 Å². The SMILES string of the molecule is CC(=N)P(COB(c1ccccc1)c1ccccc1)c1ccccc1. The van der Waals surface area contributed by atoms with E-state index >= 15 is 0 Å². The van der Waals surface area contributed by atoms with Crippen LogP contribution >= 0.6 is 7.92 Å². The van der Waals surface area contributed by atoms with Gasteiger partial charge in [0.1, 0.15) is 0 Å². The first-order valence-electron chi connectivity index (χ1n) is 8.35. The van der Waals surface area contributed by atoms with Gasteiger partial charge in [-0.1, -0.05) is 91.0 Å². The van der Waals surface area contributed by atoms with Crippen LogP contribution in [0.2, 0.25) is 0 Å². The number of nitrogens with one attached hydrogen (secondary N) is 1. The van der Waals surface area contributed by atoms with Crippen LogP contribution < -0.4 is 16.2 Å². The van der Waals surface area contributed by atoms with Crippen molar-refractivity contribution in [2.75, 3.05) is 6.35 Å². The van der Waals surface area contributed by atoms with E-state index in [0.29, 0.717) is 11.8 Å². The highest BCUT2D eigenvalue weighted by molar-refractivity contribution is 7.81. The molecule has 0 aliphatic heterocycles. The molecular weight excluding hydrogens is 324 g/mol. The van der Waals surface area contributed by atoms with E-state index in [2.05, 4.69) is 36.4 Å². The molecule has 0 amide bonds. The minimum Gasteiger partial charge on any atom is -0.422 e. The van der Waals surface area contributed by atoms with Crippen molar-refractivity contribution in [2.45, 2.75) is 6.92 Å². The lowest BCUT2D eigenvalue weighted by molar-refractivity contribution is 0.412. The first kappa shape index (κ1) is 17.6. The largest absolute Gasteiger partial charge is 0.422 e. The van der Waals surface area contributed by atoms with Gasteiger partial charge in [0.25, 0.3) is 0 Å². The summed E-state index contributed by atoms with van der Waals surface area (Å²) in [5, 5.41) is 9.38. The molecule has 124 valence electrons. The van der Waals surface area contributed by atoms with Crippen LogP contribution in [0.3, 0.4) is 0 Å². The molecule has 0 aliphatic rings. The van der Waals surface area contributed by atoms with E-state index in [0.717, 1.165) is 10.9 Å². The van der Waals surface area contributed by atoms with Crippen LogP contribution in [0.5, 0.6) is 0 Å². The van der Waals surface area contributed by atoms with Gasteiger partial charge in [0.15, 0.2) is 0 Å². The maximum Gasteiger partial charge on any atom is 0.361 e. The second-order valence-corrected chi connectivity index (χ2v) is 8.15. The molecule has 0 saturated carbocycles. The lowest BCUT2D eigenvalue weighted by Crippen LogP contribution is -2.45. The van der Waals surface area contributed by atoms with Crippen molar-refractivity contribution < 1.29 is 4.65 Å². The van der Waals surface area contributed by atoms with Gasteiger partial charge in [-0.2, -0.15) is 0 Å². The van der Waals surface area contributed by atoms with Crippen molar-refractivity contribution in [3.63, 3.8) is 0 Å². The highest BCUT2D eigenvalue weighted by Crippen LogP contribution is 2.35. The first-order valence-corrected chi connectivity index (χ1v) is 9.87. The summed E-state index contributed by atoms with van der Waals surface area (Å²) in [4.78, 5) is 0. The fourth-order valence-electron chi connectivity index (χ4n) is 2.76. The fraction of sp³-hybridized carbons (Fsp3) is 0.0952. The third kappa shape index (κ3) is 4.66. The van der Waals surface area contributed by atoms with Gasteiger partial charge in [-0.15, -0.1) is 0 Å². The second-order valence-electron chi connectivity index (χ2n) is 5.85. The smallest absolute Gasteiger partial charge is 0.361 e. The third-order valence-corrected chi connectivity index (χ3v) is 6.19. The Hall–Kier alpha value is -2.22. The average Bonchev–Trinajstić information content (AvgIpc) is 2.67. The molecule has 0 saturated heterocycles. The van der Waals surface area contributed by atoms with E-state index in [9.17, 15) is 0 Å². The summed E-state index contributed by atoms with van der Waals surface area (Å²) < 4.78 is 6.38. The fourth-order valence-corrected chi connectivity index (χ4v) is 4.32. The zero-order valence-corrected chi connectivity index (χ0v) is 15.2. The highest BCUT2D eigenvalue weighted by Gasteiger charge is 2.23. The van der Waals surface area contributed by atoms with Gasteiger partial charge in [-0.05, 0) is 31.1 Å². The zero-order chi connectivity index (χ0) is 17.5. The molecule has 3 aromatic rings. The van der Waals surface area contributed by atoms with Gasteiger partial charge in [-0.3, -0.25) is 0 Å². The van der Waals surface area contributed by atoms with Crippen molar-refractivity contribution in [3.05, 3.63) is 91.0 Å². The Labute approximate surface area is 151 Å². The lowest BCUT2D eigenvalue weighted by atomic mass is 9.55. The molecule has 0 bridgehead atoms. The van der Waals surface area contributed by atoms with Crippen molar-refractivity contribution in [1.29, 1.82) is 5.41 Å². The van der Waals surface area contributed by atoms with Crippen molar-refractivity contribution in [2.24, 2.45) is 0 Å². The molecule has 3 aromatic carbocycles. The molecular formula is C21H21BNOP. The summed E-state index contributed by atoms with van der Waals surface area (Å²) in [5.41, 5.74) is 2.96. The molecule has 1 N–H and O–H groups in total. The molecule has 2 nitrogen and oxygen atoms in total. The summed E-state index contributed by atoms with van der Waals surface area (Å²) >= 11 is 0. The molecule has 0 fully saturated rings. The Morgan fingerprint density at radius 3 is 1.68 bits per heavy atom. The molecule has 3 rings (SSSR count). The van der Waals surface area contributed by atoms with Crippen LogP contribution in [0.4, 0.5) is 0 Å². The monoisotopic (exact) mass is 345 g/mol. The van der Waals surface area contributed by atoms with Gasteiger partial charge in [0, 0.05) is 5.45 Å². The van der Waals surface area contributed by atoms with E-state index in [-0.39, 0.29) is 6.92 Å². The normalized spacial score (nSPS) is 11.7. The Balaban J connectivity index is 1.84. The number of hydrogen-bond acceptors (Lipinski definition) is 2. The van der Waals surface area contributed by atoms with Crippen LogP contribution in [0.1, 0.15) is 6.92 Å². The van der Waals surface area contributed by atoms with Gasteiger partial charge in [0.05, 0.1) is 6.35 Å². The van der Waals surface area contributed by atoms with Crippen LogP contribution in [-0.4, -0.2) is 18.7 Å². The van der Waals surface area contributed by atoms with Crippen LogP contribution in [0.15, 0.2) is 91.0 Å². The maximum atomic E-state index is 8.19. The Morgan fingerprint density at radius 2 is 1.24 bits per heavy atom. The van der Waals surface area contributed by atoms with E-state index in [1.54, 1.807) is 0 Å². The summed E-state index contributed by atoms with van der Waals surface area (Å²) in [6.45, 7) is 1.76. The predicted octanol–water partition coefficient (Wildman–Crippen LogP) is 3.57. The highest BCUT2D eigenvalue weighted by atomic mass is 31.1. The van der Waals surface area contributed by atoms with E-state index in [1.165, 1.54) is 5.30 Å². The third-order valence-electron chi connectivity index (χ3n) is 4.05. The van der Waals surface area contributed by atoms with E-state index in [1.807, 2.05) is 61.5 Å². The molecule has 0 aromatic heterocycles. The predicted molar refractivity (Wildman–Crippen MR) is 110 cm³/mol. The van der Waals surface area contributed by atoms with Gasteiger partial charge < -0.3 is 10.1 Å². The summed E-state index contributed by atoms with van der Waals surface area (Å²) in [6.07, 6.45) is 0.545. The summed E-state index contributed by atoms with van der Waals surface area (Å²) in [7, 11) is -0.767. The summed E-state index contributed by atoms with van der Waals surface area (Å²) in [5.74, 6) is 0. The van der Waals surface area contributed by atoms with Gasteiger partial charge in [-0.25, -0.2) is 0 Å². The number of hydrogen-bond donors (Lipinski definition) is 1. The molecule has 0 heterocycles. The minimum absolute atomic E-state index is 0.115. The Morgan fingerprint density at radius 1 is 0.800 bits per heavy atom. The molecule has 0 radical (unpaired) electrons. The van der Waals surface area contributed by atoms with Gasteiger partial charge in [0.2, 0.25) is 0 Å². The lowest BCUT2D eigenvalue weighted by Gasteiger charge is -2.21. The maximum absolute atomic E-state index is 8.19. The molecule has 4 heteroatoms. The molecule has 0 aliphatic carbocycles. The standard InChI is InChI=1S/C21H21BNOP/c1-18(23)25(21-15-9-4-10-16-21)17-24-22(19-11-5-2-6-12-19)20-13-7-3-8-14-20/h2-16,23H,17H2,1H3. The van der Waals surface area contributed by atoms with Crippen LogP contribution in [0, 0.1) is 5.41 Å².